The monoisotopic (exact) mass is 434 g/mol. The number of alkyl halides is 3. The summed E-state index contributed by atoms with van der Waals surface area (Å²) in [6.07, 6.45) is -5.57. The molecule has 2 aromatic carbocycles. The van der Waals surface area contributed by atoms with Crippen molar-refractivity contribution in [2.45, 2.75) is 29.1 Å². The van der Waals surface area contributed by atoms with Gasteiger partial charge in [0, 0.05) is 41.5 Å². The predicted octanol–water partition coefficient (Wildman–Crippen LogP) is 3.87. The largest absolute Gasteiger partial charge is 0.471 e. The lowest BCUT2D eigenvalue weighted by Crippen LogP contribution is -2.57. The maximum atomic E-state index is 12.5. The zero-order chi connectivity index (χ0) is 21.3. The van der Waals surface area contributed by atoms with Gasteiger partial charge in [-0.1, -0.05) is 42.1 Å². The SMILES string of the molecule is CC(NC(=O)C(F)(F)F)N1CCN(C2=Nc3ccccc3Sc3ccccc32)CC1. The van der Waals surface area contributed by atoms with Crippen LogP contribution in [0.3, 0.4) is 0 Å². The third-order valence-electron chi connectivity index (χ3n) is 5.20. The number of carbonyl (C=O) groups excluding carboxylic acids is 1. The molecule has 9 heteroatoms. The number of carbonyl (C=O) groups is 1. The lowest BCUT2D eigenvalue weighted by atomic mass is 10.1. The van der Waals surface area contributed by atoms with Gasteiger partial charge in [-0.2, -0.15) is 13.2 Å². The molecule has 5 nitrogen and oxygen atoms in total. The quantitative estimate of drug-likeness (QED) is 0.780. The number of piperazine rings is 1. The number of hydrogen-bond donors (Lipinski definition) is 1. The van der Waals surface area contributed by atoms with E-state index in [0.717, 1.165) is 26.9 Å². The molecule has 158 valence electrons. The fraction of sp³-hybridized carbons (Fsp3) is 0.333. The highest BCUT2D eigenvalue weighted by atomic mass is 32.2. The van der Waals surface area contributed by atoms with E-state index in [1.807, 2.05) is 52.7 Å². The van der Waals surface area contributed by atoms with Gasteiger partial charge in [0.05, 0.1) is 11.9 Å². The van der Waals surface area contributed by atoms with E-state index in [0.29, 0.717) is 26.2 Å². The second kappa shape index (κ2) is 8.31. The Bertz CT molecular complexity index is 971. The zero-order valence-corrected chi connectivity index (χ0v) is 17.1. The maximum Gasteiger partial charge on any atom is 0.471 e. The molecule has 0 spiro atoms. The Balaban J connectivity index is 1.52. The number of halogens is 3. The van der Waals surface area contributed by atoms with Gasteiger partial charge in [0.2, 0.25) is 0 Å². The molecule has 2 aliphatic heterocycles. The highest BCUT2D eigenvalue weighted by Crippen LogP contribution is 2.40. The smallest absolute Gasteiger partial charge is 0.353 e. The summed E-state index contributed by atoms with van der Waals surface area (Å²) in [7, 11) is 0. The standard InChI is InChI=1S/C21H21F3N4OS/c1-14(25-20(29)21(22,23)24)27-10-12-28(13-11-27)19-15-6-2-4-8-17(15)30-18-9-5-3-7-16(18)26-19/h2-9,14H,10-13H2,1H3,(H,25,29). The van der Waals surface area contributed by atoms with Crippen LogP contribution < -0.4 is 5.32 Å². The Kier molecular flexibility index (Phi) is 5.75. The Morgan fingerprint density at radius 3 is 2.37 bits per heavy atom. The van der Waals surface area contributed by atoms with Gasteiger partial charge in [-0.15, -0.1) is 0 Å². The summed E-state index contributed by atoms with van der Waals surface area (Å²) in [6.45, 7) is 3.83. The summed E-state index contributed by atoms with van der Waals surface area (Å²) in [5.74, 6) is -1.04. The number of fused-ring (bicyclic) bond motifs is 2. The lowest BCUT2D eigenvalue weighted by Gasteiger charge is -2.39. The minimum Gasteiger partial charge on any atom is -0.353 e. The third kappa shape index (κ3) is 4.32. The summed E-state index contributed by atoms with van der Waals surface area (Å²) in [5.41, 5.74) is 1.95. The second-order valence-corrected chi connectivity index (χ2v) is 8.26. The highest BCUT2D eigenvalue weighted by molar-refractivity contribution is 7.99. The Morgan fingerprint density at radius 1 is 1.03 bits per heavy atom. The summed E-state index contributed by atoms with van der Waals surface area (Å²) >= 11 is 1.68. The summed E-state index contributed by atoms with van der Waals surface area (Å²) in [4.78, 5) is 22.4. The Hall–Kier alpha value is -2.52. The molecule has 4 rings (SSSR count). The van der Waals surface area contributed by atoms with Gasteiger partial charge in [-0.3, -0.25) is 9.69 Å². The van der Waals surface area contributed by atoms with Crippen LogP contribution in [0.4, 0.5) is 18.9 Å². The predicted molar refractivity (Wildman–Crippen MR) is 110 cm³/mol. The molecule has 1 saturated heterocycles. The van der Waals surface area contributed by atoms with Crippen molar-refractivity contribution in [3.8, 4) is 0 Å². The molecule has 1 fully saturated rings. The molecular formula is C21H21F3N4OS. The van der Waals surface area contributed by atoms with Crippen molar-refractivity contribution in [1.29, 1.82) is 0 Å². The van der Waals surface area contributed by atoms with Crippen molar-refractivity contribution in [3.63, 3.8) is 0 Å². The molecule has 1 amide bonds. The first-order valence-corrected chi connectivity index (χ1v) is 10.5. The molecule has 1 atom stereocenters. The molecule has 2 aromatic rings. The number of amidine groups is 1. The van der Waals surface area contributed by atoms with Crippen LogP contribution in [0.1, 0.15) is 12.5 Å². The van der Waals surface area contributed by atoms with E-state index < -0.39 is 18.2 Å². The minimum absolute atomic E-state index is 0.523. The average Bonchev–Trinajstić information content (AvgIpc) is 2.90. The fourth-order valence-electron chi connectivity index (χ4n) is 3.59. The van der Waals surface area contributed by atoms with E-state index in [9.17, 15) is 18.0 Å². The van der Waals surface area contributed by atoms with Gasteiger partial charge in [0.1, 0.15) is 5.84 Å². The first-order valence-electron chi connectivity index (χ1n) is 9.64. The van der Waals surface area contributed by atoms with Crippen LogP contribution in [0.25, 0.3) is 0 Å². The summed E-state index contributed by atoms with van der Waals surface area (Å²) < 4.78 is 37.6. The number of para-hydroxylation sites is 1. The number of nitrogens with one attached hydrogen (secondary N) is 1. The molecule has 2 aliphatic rings. The van der Waals surface area contributed by atoms with Crippen LogP contribution in [0.2, 0.25) is 0 Å². The van der Waals surface area contributed by atoms with Crippen molar-refractivity contribution in [3.05, 3.63) is 54.1 Å². The lowest BCUT2D eigenvalue weighted by molar-refractivity contribution is -0.175. The first-order chi connectivity index (χ1) is 14.3. The van der Waals surface area contributed by atoms with Gasteiger partial charge >= 0.3 is 12.1 Å². The Labute approximate surface area is 177 Å². The number of nitrogens with zero attached hydrogens (tertiary/aromatic N) is 3. The molecule has 0 radical (unpaired) electrons. The number of aliphatic imine (C=N–C) groups is 1. The van der Waals surface area contributed by atoms with Crippen molar-refractivity contribution in [1.82, 2.24) is 15.1 Å². The molecule has 0 saturated carbocycles. The molecular weight excluding hydrogens is 413 g/mol. The van der Waals surface area contributed by atoms with Crippen LogP contribution >= 0.6 is 11.8 Å². The van der Waals surface area contributed by atoms with Gasteiger partial charge in [-0.05, 0) is 25.1 Å². The van der Waals surface area contributed by atoms with Crippen LogP contribution in [0, 0.1) is 0 Å². The van der Waals surface area contributed by atoms with Gasteiger partial charge in [-0.25, -0.2) is 4.99 Å². The molecule has 0 bridgehead atoms. The molecule has 2 heterocycles. The third-order valence-corrected chi connectivity index (χ3v) is 6.34. The first kappa shape index (κ1) is 20.7. The van der Waals surface area contributed by atoms with E-state index in [4.69, 9.17) is 4.99 Å². The second-order valence-electron chi connectivity index (χ2n) is 7.17. The number of hydrogen-bond acceptors (Lipinski definition) is 5. The summed E-state index contributed by atoms with van der Waals surface area (Å²) in [6, 6.07) is 16.1. The fourth-order valence-corrected chi connectivity index (χ4v) is 4.61. The summed E-state index contributed by atoms with van der Waals surface area (Å²) in [5, 5.41) is 2.03. The number of rotatable bonds is 2. The van der Waals surface area contributed by atoms with E-state index in [1.54, 1.807) is 18.7 Å². The van der Waals surface area contributed by atoms with Crippen LogP contribution in [-0.4, -0.2) is 60.1 Å². The topological polar surface area (TPSA) is 47.9 Å². The number of benzene rings is 2. The highest BCUT2D eigenvalue weighted by Gasteiger charge is 2.40. The minimum atomic E-state index is -4.88. The van der Waals surface area contributed by atoms with Gasteiger partial charge < -0.3 is 10.2 Å². The van der Waals surface area contributed by atoms with Gasteiger partial charge in [0.15, 0.2) is 0 Å². The van der Waals surface area contributed by atoms with Crippen molar-refractivity contribution >= 4 is 29.2 Å². The van der Waals surface area contributed by atoms with Crippen molar-refractivity contribution in [2.24, 2.45) is 4.99 Å². The molecule has 1 unspecified atom stereocenters. The molecule has 1 N–H and O–H groups in total. The normalized spacial score (nSPS) is 18.0. The van der Waals surface area contributed by atoms with Crippen LogP contribution in [-0.2, 0) is 4.79 Å². The van der Waals surface area contributed by atoms with E-state index in [2.05, 4.69) is 11.0 Å². The van der Waals surface area contributed by atoms with E-state index in [-0.39, 0.29) is 0 Å². The average molecular weight is 434 g/mol. The van der Waals surface area contributed by atoms with Gasteiger partial charge in [0.25, 0.3) is 0 Å². The molecule has 30 heavy (non-hydrogen) atoms. The maximum absolute atomic E-state index is 12.5. The molecule has 0 aliphatic carbocycles. The van der Waals surface area contributed by atoms with E-state index >= 15 is 0 Å². The van der Waals surface area contributed by atoms with Crippen molar-refractivity contribution in [2.75, 3.05) is 26.2 Å². The zero-order valence-electron chi connectivity index (χ0n) is 16.3. The van der Waals surface area contributed by atoms with Crippen molar-refractivity contribution < 1.29 is 18.0 Å². The molecule has 0 aromatic heterocycles. The number of amides is 1. The van der Waals surface area contributed by atoms with Crippen LogP contribution in [0.5, 0.6) is 0 Å². The van der Waals surface area contributed by atoms with Crippen LogP contribution in [0.15, 0.2) is 63.3 Å². The van der Waals surface area contributed by atoms with E-state index in [1.165, 1.54) is 0 Å². The Morgan fingerprint density at radius 2 is 1.67 bits per heavy atom.